The van der Waals surface area contributed by atoms with E-state index in [1.807, 2.05) is 6.07 Å². The lowest BCUT2D eigenvalue weighted by Gasteiger charge is -2.34. The Balaban J connectivity index is 1.77. The largest absolute Gasteiger partial charge is 0.492 e. The minimum absolute atomic E-state index is 0.796. The highest BCUT2D eigenvalue weighted by Gasteiger charge is 2.21. The third kappa shape index (κ3) is 3.74. The van der Waals surface area contributed by atoms with Gasteiger partial charge >= 0.3 is 0 Å². The predicted octanol–water partition coefficient (Wildman–Crippen LogP) is 3.35. The van der Waals surface area contributed by atoms with Gasteiger partial charge in [0.1, 0.15) is 12.4 Å². The molecule has 0 amide bonds. The van der Waals surface area contributed by atoms with Crippen molar-refractivity contribution in [2.24, 2.45) is 11.8 Å². The standard InChI is InChI=1S/C16H25NO/c1-13-10-14(2)12-17(11-13)8-9-18-16-7-5-4-6-15(16)3/h4-7,13-14H,8-12H2,1-3H3. The Morgan fingerprint density at radius 3 is 2.50 bits per heavy atom. The number of hydrogen-bond donors (Lipinski definition) is 0. The smallest absolute Gasteiger partial charge is 0.122 e. The van der Waals surface area contributed by atoms with Crippen LogP contribution in [-0.4, -0.2) is 31.1 Å². The zero-order valence-corrected chi connectivity index (χ0v) is 11.9. The Kier molecular flexibility index (Phi) is 4.65. The van der Waals surface area contributed by atoms with Crippen LogP contribution in [0.4, 0.5) is 0 Å². The van der Waals surface area contributed by atoms with Gasteiger partial charge in [0.15, 0.2) is 0 Å². The quantitative estimate of drug-likeness (QED) is 0.809. The second kappa shape index (κ2) is 6.24. The van der Waals surface area contributed by atoms with Crippen molar-refractivity contribution in [2.45, 2.75) is 27.2 Å². The van der Waals surface area contributed by atoms with Crippen molar-refractivity contribution in [1.29, 1.82) is 0 Å². The molecule has 0 radical (unpaired) electrons. The maximum Gasteiger partial charge on any atom is 0.122 e. The number of likely N-dealkylation sites (tertiary alicyclic amines) is 1. The van der Waals surface area contributed by atoms with Crippen molar-refractivity contribution in [3.05, 3.63) is 29.8 Å². The number of rotatable bonds is 4. The second-order valence-corrected chi connectivity index (χ2v) is 5.82. The highest BCUT2D eigenvalue weighted by atomic mass is 16.5. The summed E-state index contributed by atoms with van der Waals surface area (Å²) in [6, 6.07) is 8.24. The first kappa shape index (κ1) is 13.4. The van der Waals surface area contributed by atoms with Gasteiger partial charge in [-0.05, 0) is 36.8 Å². The number of hydrogen-bond acceptors (Lipinski definition) is 2. The molecule has 0 aromatic heterocycles. The fourth-order valence-corrected chi connectivity index (χ4v) is 2.98. The molecule has 2 nitrogen and oxygen atoms in total. The topological polar surface area (TPSA) is 12.5 Å². The van der Waals surface area contributed by atoms with Gasteiger partial charge < -0.3 is 4.74 Å². The van der Waals surface area contributed by atoms with Gasteiger partial charge in [-0.1, -0.05) is 32.0 Å². The van der Waals surface area contributed by atoms with E-state index in [0.29, 0.717) is 0 Å². The molecule has 2 rings (SSSR count). The molecule has 1 aliphatic heterocycles. The maximum absolute atomic E-state index is 5.87. The van der Waals surface area contributed by atoms with Crippen LogP contribution in [0, 0.1) is 18.8 Å². The number of para-hydroxylation sites is 1. The van der Waals surface area contributed by atoms with E-state index >= 15 is 0 Å². The Morgan fingerprint density at radius 2 is 1.83 bits per heavy atom. The molecule has 1 saturated heterocycles. The molecule has 1 aliphatic rings. The van der Waals surface area contributed by atoms with E-state index in [2.05, 4.69) is 43.9 Å². The van der Waals surface area contributed by atoms with Crippen molar-refractivity contribution in [3.63, 3.8) is 0 Å². The third-order valence-electron chi connectivity index (χ3n) is 3.70. The average molecular weight is 247 g/mol. The SMILES string of the molecule is Cc1ccccc1OCCN1CC(C)CC(C)C1. The molecule has 2 heteroatoms. The summed E-state index contributed by atoms with van der Waals surface area (Å²) >= 11 is 0. The first-order valence-electron chi connectivity index (χ1n) is 7.06. The van der Waals surface area contributed by atoms with Gasteiger partial charge in [-0.15, -0.1) is 0 Å². The maximum atomic E-state index is 5.87. The number of benzene rings is 1. The van der Waals surface area contributed by atoms with Gasteiger partial charge in [0.25, 0.3) is 0 Å². The highest BCUT2D eigenvalue weighted by Crippen LogP contribution is 2.21. The summed E-state index contributed by atoms with van der Waals surface area (Å²) in [5, 5.41) is 0. The van der Waals surface area contributed by atoms with Gasteiger partial charge in [-0.25, -0.2) is 0 Å². The molecule has 0 aliphatic carbocycles. The summed E-state index contributed by atoms with van der Waals surface area (Å²) < 4.78 is 5.87. The first-order chi connectivity index (χ1) is 8.65. The molecule has 1 aromatic rings. The van der Waals surface area contributed by atoms with Crippen LogP contribution in [0.2, 0.25) is 0 Å². The molecule has 0 N–H and O–H groups in total. The fraction of sp³-hybridized carbons (Fsp3) is 0.625. The van der Waals surface area contributed by atoms with E-state index in [4.69, 9.17) is 4.74 Å². The van der Waals surface area contributed by atoms with E-state index in [0.717, 1.165) is 30.7 Å². The Labute approximate surface area is 111 Å². The number of nitrogens with zero attached hydrogens (tertiary/aromatic N) is 1. The second-order valence-electron chi connectivity index (χ2n) is 5.82. The van der Waals surface area contributed by atoms with E-state index in [1.165, 1.54) is 25.1 Å². The minimum Gasteiger partial charge on any atom is -0.492 e. The van der Waals surface area contributed by atoms with Crippen molar-refractivity contribution in [2.75, 3.05) is 26.2 Å². The molecule has 0 saturated carbocycles. The van der Waals surface area contributed by atoms with Crippen LogP contribution < -0.4 is 4.74 Å². The Bertz CT molecular complexity index is 367. The Hall–Kier alpha value is -1.02. The number of ether oxygens (including phenoxy) is 1. The molecule has 1 fully saturated rings. The van der Waals surface area contributed by atoms with Gasteiger partial charge in [0, 0.05) is 19.6 Å². The van der Waals surface area contributed by atoms with Crippen molar-refractivity contribution in [1.82, 2.24) is 4.90 Å². The average Bonchev–Trinajstić information content (AvgIpc) is 2.30. The van der Waals surface area contributed by atoms with E-state index in [9.17, 15) is 0 Å². The van der Waals surface area contributed by atoms with Crippen LogP contribution in [0.15, 0.2) is 24.3 Å². The van der Waals surface area contributed by atoms with Crippen LogP contribution in [0.1, 0.15) is 25.8 Å². The molecule has 2 atom stereocenters. The van der Waals surface area contributed by atoms with Crippen LogP contribution in [0.25, 0.3) is 0 Å². The summed E-state index contributed by atoms with van der Waals surface area (Å²) in [4.78, 5) is 2.54. The van der Waals surface area contributed by atoms with Gasteiger partial charge in [0.05, 0.1) is 0 Å². The minimum atomic E-state index is 0.796. The van der Waals surface area contributed by atoms with E-state index in [-0.39, 0.29) is 0 Å². The van der Waals surface area contributed by atoms with Gasteiger partial charge in [0.2, 0.25) is 0 Å². The first-order valence-corrected chi connectivity index (χ1v) is 7.06. The molecule has 100 valence electrons. The molecular weight excluding hydrogens is 222 g/mol. The monoisotopic (exact) mass is 247 g/mol. The van der Waals surface area contributed by atoms with Crippen molar-refractivity contribution in [3.8, 4) is 5.75 Å². The zero-order valence-electron chi connectivity index (χ0n) is 11.9. The molecule has 1 heterocycles. The van der Waals surface area contributed by atoms with Crippen LogP contribution in [-0.2, 0) is 0 Å². The van der Waals surface area contributed by atoms with E-state index in [1.54, 1.807) is 0 Å². The fourth-order valence-electron chi connectivity index (χ4n) is 2.98. The molecule has 0 bridgehead atoms. The zero-order chi connectivity index (χ0) is 13.0. The summed E-state index contributed by atoms with van der Waals surface area (Å²) in [5.41, 5.74) is 1.22. The van der Waals surface area contributed by atoms with E-state index < -0.39 is 0 Å². The van der Waals surface area contributed by atoms with Gasteiger partial charge in [-0.2, -0.15) is 0 Å². The molecule has 1 aromatic carbocycles. The normalized spacial score (nSPS) is 25.1. The Morgan fingerprint density at radius 1 is 1.17 bits per heavy atom. The van der Waals surface area contributed by atoms with Crippen LogP contribution >= 0.6 is 0 Å². The van der Waals surface area contributed by atoms with Crippen LogP contribution in [0.3, 0.4) is 0 Å². The van der Waals surface area contributed by atoms with Crippen LogP contribution in [0.5, 0.6) is 5.75 Å². The lowest BCUT2D eigenvalue weighted by Crippen LogP contribution is -2.40. The highest BCUT2D eigenvalue weighted by molar-refractivity contribution is 5.31. The summed E-state index contributed by atoms with van der Waals surface area (Å²) in [7, 11) is 0. The van der Waals surface area contributed by atoms with Crippen molar-refractivity contribution >= 4 is 0 Å². The third-order valence-corrected chi connectivity index (χ3v) is 3.70. The predicted molar refractivity (Wildman–Crippen MR) is 76.1 cm³/mol. The van der Waals surface area contributed by atoms with Gasteiger partial charge in [-0.3, -0.25) is 4.90 Å². The molecule has 2 unspecified atom stereocenters. The molecule has 18 heavy (non-hydrogen) atoms. The van der Waals surface area contributed by atoms with Crippen molar-refractivity contribution < 1.29 is 4.74 Å². The molecule has 0 spiro atoms. The number of piperidine rings is 1. The summed E-state index contributed by atoms with van der Waals surface area (Å²) in [5.74, 6) is 2.68. The lowest BCUT2D eigenvalue weighted by molar-refractivity contribution is 0.120. The summed E-state index contributed by atoms with van der Waals surface area (Å²) in [6.07, 6.45) is 1.37. The molecular formula is C16H25NO. The summed E-state index contributed by atoms with van der Waals surface area (Å²) in [6.45, 7) is 11.1. The lowest BCUT2D eigenvalue weighted by atomic mass is 9.92. The number of aryl methyl sites for hydroxylation is 1.